The van der Waals surface area contributed by atoms with Gasteiger partial charge in [-0.1, -0.05) is 23.8 Å². The monoisotopic (exact) mass is 447 g/mol. The second-order valence-electron chi connectivity index (χ2n) is 9.02. The van der Waals surface area contributed by atoms with E-state index >= 15 is 0 Å². The third-order valence-corrected chi connectivity index (χ3v) is 6.52. The molecule has 32 heavy (non-hydrogen) atoms. The molecule has 2 heterocycles. The largest absolute Gasteiger partial charge is 0.375 e. The minimum absolute atomic E-state index is 0.0858. The fourth-order valence-electron chi connectivity index (χ4n) is 4.76. The van der Waals surface area contributed by atoms with Gasteiger partial charge >= 0.3 is 0 Å². The summed E-state index contributed by atoms with van der Waals surface area (Å²) in [4.78, 5) is 16.9. The summed E-state index contributed by atoms with van der Waals surface area (Å²) in [6.45, 7) is 4.22. The van der Waals surface area contributed by atoms with Gasteiger partial charge in [0.15, 0.2) is 0 Å². The number of fused-ring (bicyclic) bond motifs is 2. The zero-order chi connectivity index (χ0) is 22.1. The van der Waals surface area contributed by atoms with Crippen LogP contribution in [-0.2, 0) is 0 Å². The highest BCUT2D eigenvalue weighted by atomic mass is 35.5. The number of hydrogen-bond acceptors (Lipinski definition) is 5. The molecule has 2 unspecified atom stereocenters. The summed E-state index contributed by atoms with van der Waals surface area (Å²) in [6, 6.07) is 0.494. The maximum absolute atomic E-state index is 6.28. The number of nitrogens with zero attached hydrogens (tertiary/aromatic N) is 4. The van der Waals surface area contributed by atoms with Crippen molar-refractivity contribution in [2.24, 2.45) is 15.0 Å². The van der Waals surface area contributed by atoms with Crippen LogP contribution in [0.25, 0.3) is 0 Å². The first-order chi connectivity index (χ1) is 15.6. The molecule has 0 bridgehead atoms. The molecule has 1 saturated heterocycles. The average Bonchev–Trinajstić information content (AvgIpc) is 2.79. The number of hydrogen-bond donors (Lipinski definition) is 1. The first kappa shape index (κ1) is 21.2. The second-order valence-corrected chi connectivity index (χ2v) is 9.50. The highest BCUT2D eigenvalue weighted by Crippen LogP contribution is 2.40. The van der Waals surface area contributed by atoms with Gasteiger partial charge in [-0.05, 0) is 76.3 Å². The lowest BCUT2D eigenvalue weighted by atomic mass is 9.90. The van der Waals surface area contributed by atoms with Crippen LogP contribution in [-0.4, -0.2) is 40.8 Å². The molecule has 0 aromatic rings. The molecule has 6 heteroatoms. The van der Waals surface area contributed by atoms with Crippen molar-refractivity contribution in [1.82, 2.24) is 10.2 Å². The zero-order valence-electron chi connectivity index (χ0n) is 18.8. The molecule has 166 valence electrons. The van der Waals surface area contributed by atoms with Gasteiger partial charge in [-0.15, -0.1) is 0 Å². The Hall–Kier alpha value is -2.66. The van der Waals surface area contributed by atoms with Crippen molar-refractivity contribution in [2.45, 2.75) is 70.6 Å². The summed E-state index contributed by atoms with van der Waals surface area (Å²) in [7, 11) is 0. The first-order valence-corrected chi connectivity index (χ1v) is 12.1. The standard InChI is InChI=1S/C26H30ClN5/c1-17(2)29-22-16-25-23(15-21(22)31-26-9-5-6-14-28-26)30-20-7-3-4-8-24(20)32(25)19-12-10-18(27)11-13-19/h5-6,8,10,12,14-17,20,26,30H,3-4,7,9,11,13H2,1-2H3. The third-order valence-electron chi connectivity index (χ3n) is 6.21. The number of piperazine rings is 1. The highest BCUT2D eigenvalue weighted by molar-refractivity contribution is 6.51. The van der Waals surface area contributed by atoms with Gasteiger partial charge in [0, 0.05) is 35.1 Å². The van der Waals surface area contributed by atoms with Gasteiger partial charge in [-0.25, -0.2) is 0 Å². The molecule has 5 rings (SSSR count). The Morgan fingerprint density at radius 3 is 2.84 bits per heavy atom. The maximum Gasteiger partial charge on any atom is 0.143 e. The van der Waals surface area contributed by atoms with Crippen LogP contribution in [0.5, 0.6) is 0 Å². The molecule has 5 nitrogen and oxygen atoms in total. The average molecular weight is 448 g/mol. The number of halogens is 1. The minimum atomic E-state index is -0.0858. The van der Waals surface area contributed by atoms with Gasteiger partial charge in [0.05, 0.1) is 28.9 Å². The molecule has 0 amide bonds. The number of aliphatic imine (C=N–C) groups is 3. The van der Waals surface area contributed by atoms with Crippen LogP contribution in [0.15, 0.2) is 85.3 Å². The van der Waals surface area contributed by atoms with Crippen LogP contribution >= 0.6 is 11.6 Å². The molecule has 3 aliphatic carbocycles. The smallest absolute Gasteiger partial charge is 0.143 e. The normalized spacial score (nSPS) is 29.6. The lowest BCUT2D eigenvalue weighted by Gasteiger charge is -2.45. The van der Waals surface area contributed by atoms with Gasteiger partial charge in [0.2, 0.25) is 0 Å². The van der Waals surface area contributed by atoms with Gasteiger partial charge in [-0.3, -0.25) is 15.0 Å². The van der Waals surface area contributed by atoms with E-state index in [4.69, 9.17) is 21.6 Å². The molecule has 2 aliphatic heterocycles. The SMILES string of the molecule is CC(C)N=C1C=C2C(=CC1=NC1CC=CC=N1)NC1CCCC=C1N2C1=CC=C(Cl)CC1. The fraction of sp³-hybridized carbons (Fsp3) is 0.423. The Labute approximate surface area is 195 Å². The first-order valence-electron chi connectivity index (χ1n) is 11.7. The summed E-state index contributed by atoms with van der Waals surface area (Å²) >= 11 is 6.28. The summed E-state index contributed by atoms with van der Waals surface area (Å²) in [5.41, 5.74) is 6.74. The molecule has 5 aliphatic rings. The van der Waals surface area contributed by atoms with E-state index in [1.807, 2.05) is 18.4 Å². The Bertz CT molecular complexity index is 1060. The zero-order valence-corrected chi connectivity index (χ0v) is 19.5. The number of dihydropyridines is 1. The van der Waals surface area contributed by atoms with Crippen molar-refractivity contribution in [2.75, 3.05) is 0 Å². The van der Waals surface area contributed by atoms with Crippen LogP contribution in [0.2, 0.25) is 0 Å². The Balaban J connectivity index is 1.60. The van der Waals surface area contributed by atoms with Crippen LogP contribution in [0.3, 0.4) is 0 Å². The number of allylic oxidation sites excluding steroid dienone is 8. The number of nitrogens with one attached hydrogen (secondary N) is 1. The van der Waals surface area contributed by atoms with E-state index in [1.54, 1.807) is 0 Å². The van der Waals surface area contributed by atoms with E-state index in [2.05, 4.69) is 59.4 Å². The van der Waals surface area contributed by atoms with E-state index in [0.29, 0.717) is 6.04 Å². The lowest BCUT2D eigenvalue weighted by molar-refractivity contribution is 0.365. The van der Waals surface area contributed by atoms with Crippen molar-refractivity contribution in [3.05, 3.63) is 70.4 Å². The quantitative estimate of drug-likeness (QED) is 0.576. The number of rotatable bonds is 3. The maximum atomic E-state index is 6.28. The Kier molecular flexibility index (Phi) is 6.01. The molecule has 0 aromatic heterocycles. The minimum Gasteiger partial charge on any atom is -0.375 e. The van der Waals surface area contributed by atoms with Crippen molar-refractivity contribution >= 4 is 29.2 Å². The van der Waals surface area contributed by atoms with Crippen LogP contribution in [0, 0.1) is 0 Å². The molecule has 0 spiro atoms. The topological polar surface area (TPSA) is 52.4 Å². The van der Waals surface area contributed by atoms with Crippen LogP contribution < -0.4 is 5.32 Å². The predicted molar refractivity (Wildman–Crippen MR) is 134 cm³/mol. The van der Waals surface area contributed by atoms with Crippen molar-refractivity contribution in [3.63, 3.8) is 0 Å². The molecule has 0 saturated carbocycles. The molecule has 0 radical (unpaired) electrons. The Morgan fingerprint density at radius 2 is 2.09 bits per heavy atom. The van der Waals surface area contributed by atoms with E-state index in [9.17, 15) is 0 Å². The summed E-state index contributed by atoms with van der Waals surface area (Å²) in [5.74, 6) is 0. The van der Waals surface area contributed by atoms with E-state index in [1.165, 1.54) is 17.8 Å². The summed E-state index contributed by atoms with van der Waals surface area (Å²) in [5, 5.41) is 4.72. The van der Waals surface area contributed by atoms with Gasteiger partial charge in [0.1, 0.15) is 6.17 Å². The highest BCUT2D eigenvalue weighted by Gasteiger charge is 2.36. The molecule has 1 N–H and O–H groups in total. The van der Waals surface area contributed by atoms with Gasteiger partial charge in [-0.2, -0.15) is 0 Å². The second kappa shape index (κ2) is 9.07. The van der Waals surface area contributed by atoms with E-state index < -0.39 is 0 Å². The van der Waals surface area contributed by atoms with Crippen LogP contribution in [0.1, 0.15) is 52.4 Å². The van der Waals surface area contributed by atoms with Gasteiger partial charge in [0.25, 0.3) is 0 Å². The summed E-state index contributed by atoms with van der Waals surface area (Å²) < 4.78 is 0. The Morgan fingerprint density at radius 1 is 1.19 bits per heavy atom. The molecule has 2 atom stereocenters. The van der Waals surface area contributed by atoms with Gasteiger partial charge < -0.3 is 10.2 Å². The third kappa shape index (κ3) is 4.31. The molecule has 0 aromatic carbocycles. The molecular weight excluding hydrogens is 418 g/mol. The predicted octanol–water partition coefficient (Wildman–Crippen LogP) is 5.56. The van der Waals surface area contributed by atoms with E-state index in [0.717, 1.165) is 60.0 Å². The van der Waals surface area contributed by atoms with Crippen LogP contribution in [0.4, 0.5) is 0 Å². The molecule has 1 fully saturated rings. The van der Waals surface area contributed by atoms with Crippen molar-refractivity contribution in [3.8, 4) is 0 Å². The lowest BCUT2D eigenvalue weighted by Crippen LogP contribution is -2.48. The van der Waals surface area contributed by atoms with Crippen molar-refractivity contribution < 1.29 is 0 Å². The van der Waals surface area contributed by atoms with E-state index in [-0.39, 0.29) is 12.2 Å². The fourth-order valence-corrected chi connectivity index (χ4v) is 4.92. The van der Waals surface area contributed by atoms with Crippen molar-refractivity contribution in [1.29, 1.82) is 0 Å². The molecular formula is C26H30ClN5. The summed E-state index contributed by atoms with van der Waals surface area (Å²) in [6.07, 6.45) is 22.9.